The Morgan fingerprint density at radius 1 is 1.12 bits per heavy atom. The predicted octanol–water partition coefficient (Wildman–Crippen LogP) is 2.35. The lowest BCUT2D eigenvalue weighted by Gasteiger charge is -2.12. The van der Waals surface area contributed by atoms with Gasteiger partial charge in [0, 0.05) is 11.1 Å². The summed E-state index contributed by atoms with van der Waals surface area (Å²) in [5.74, 6) is 1.17. The van der Waals surface area contributed by atoms with Crippen molar-refractivity contribution in [2.45, 2.75) is 0 Å². The number of hydrogen-bond acceptors (Lipinski definition) is 6. The summed E-state index contributed by atoms with van der Waals surface area (Å²) in [6.07, 6.45) is 3.08. The first kappa shape index (κ1) is 17.3. The van der Waals surface area contributed by atoms with E-state index in [9.17, 15) is 4.79 Å². The Morgan fingerprint density at radius 2 is 1.85 bits per heavy atom. The molecule has 3 aromatic rings. The Balaban J connectivity index is 1.76. The molecular weight excluding hydrogens is 336 g/mol. The van der Waals surface area contributed by atoms with E-state index in [0.717, 1.165) is 11.0 Å². The third-order valence-corrected chi connectivity index (χ3v) is 3.75. The first-order chi connectivity index (χ1) is 12.7. The van der Waals surface area contributed by atoms with E-state index in [-0.39, 0.29) is 5.91 Å². The highest BCUT2D eigenvalue weighted by Gasteiger charge is 2.12. The zero-order chi connectivity index (χ0) is 18.5. The van der Waals surface area contributed by atoms with Crippen LogP contribution in [0.4, 0.5) is 0 Å². The van der Waals surface area contributed by atoms with E-state index in [2.05, 4.69) is 20.5 Å². The van der Waals surface area contributed by atoms with E-state index in [1.54, 1.807) is 36.7 Å². The first-order valence-corrected chi connectivity index (χ1v) is 7.72. The molecule has 0 unspecified atom stereocenters. The molecule has 2 N–H and O–H groups in total. The second kappa shape index (κ2) is 7.56. The summed E-state index contributed by atoms with van der Waals surface area (Å²) in [6, 6.07) is 8.63. The number of amides is 1. The fourth-order valence-corrected chi connectivity index (χ4v) is 2.48. The second-order valence-electron chi connectivity index (χ2n) is 5.29. The number of nitrogens with one attached hydrogen (secondary N) is 2. The predicted molar refractivity (Wildman–Crippen MR) is 97.3 cm³/mol. The maximum absolute atomic E-state index is 12.2. The number of H-pyrrole nitrogens is 1. The monoisotopic (exact) mass is 354 g/mol. The van der Waals surface area contributed by atoms with Crippen LogP contribution in [0.5, 0.6) is 17.2 Å². The largest absolute Gasteiger partial charge is 0.493 e. The molecule has 1 heterocycles. The summed E-state index contributed by atoms with van der Waals surface area (Å²) >= 11 is 0. The lowest BCUT2D eigenvalue weighted by atomic mass is 10.2. The molecule has 0 saturated carbocycles. The molecule has 0 aliphatic heterocycles. The van der Waals surface area contributed by atoms with Crippen molar-refractivity contribution in [2.24, 2.45) is 5.10 Å². The fourth-order valence-electron chi connectivity index (χ4n) is 2.48. The number of methoxy groups -OCH3 is 3. The molecule has 8 heteroatoms. The number of hydrazone groups is 1. The van der Waals surface area contributed by atoms with Crippen LogP contribution in [-0.2, 0) is 0 Å². The van der Waals surface area contributed by atoms with Gasteiger partial charge in [-0.3, -0.25) is 4.79 Å². The van der Waals surface area contributed by atoms with E-state index in [0.29, 0.717) is 28.4 Å². The Kier molecular flexibility index (Phi) is 5.02. The maximum Gasteiger partial charge on any atom is 0.271 e. The van der Waals surface area contributed by atoms with Gasteiger partial charge >= 0.3 is 0 Å². The molecular formula is C18H18N4O4. The molecule has 26 heavy (non-hydrogen) atoms. The highest BCUT2D eigenvalue weighted by Crippen LogP contribution is 2.37. The van der Waals surface area contributed by atoms with Crippen molar-refractivity contribution in [1.29, 1.82) is 0 Å². The van der Waals surface area contributed by atoms with Crippen LogP contribution in [0.1, 0.15) is 15.9 Å². The summed E-state index contributed by atoms with van der Waals surface area (Å²) in [6.45, 7) is 0. The Hall–Kier alpha value is -3.55. The minimum absolute atomic E-state index is 0.329. The van der Waals surface area contributed by atoms with Gasteiger partial charge in [-0.2, -0.15) is 5.10 Å². The van der Waals surface area contributed by atoms with Crippen molar-refractivity contribution in [3.05, 3.63) is 47.8 Å². The lowest BCUT2D eigenvalue weighted by molar-refractivity contribution is 0.0955. The van der Waals surface area contributed by atoms with Gasteiger partial charge in [-0.05, 0) is 30.3 Å². The van der Waals surface area contributed by atoms with Crippen LogP contribution in [0.25, 0.3) is 11.0 Å². The van der Waals surface area contributed by atoms with Gasteiger partial charge in [-0.1, -0.05) is 0 Å². The van der Waals surface area contributed by atoms with Crippen molar-refractivity contribution in [3.63, 3.8) is 0 Å². The standard InChI is InChI=1S/C18H18N4O4/c1-24-15-6-11(7-16(25-2)17(15)26-3)9-21-22-18(23)12-4-5-13-14(8-12)20-10-19-13/h4-10H,1-3H3,(H,19,20)(H,22,23)/b21-9+. The molecule has 8 nitrogen and oxygen atoms in total. The quantitative estimate of drug-likeness (QED) is 0.523. The van der Waals surface area contributed by atoms with Crippen molar-refractivity contribution in [1.82, 2.24) is 15.4 Å². The summed E-state index contributed by atoms with van der Waals surface area (Å²) < 4.78 is 15.8. The molecule has 1 aromatic heterocycles. The number of aromatic amines is 1. The number of carbonyl (C=O) groups is 1. The summed E-state index contributed by atoms with van der Waals surface area (Å²) in [5, 5.41) is 3.99. The number of benzene rings is 2. The Bertz CT molecular complexity index is 940. The van der Waals surface area contributed by atoms with Crippen LogP contribution in [0.2, 0.25) is 0 Å². The average molecular weight is 354 g/mol. The number of hydrogen-bond donors (Lipinski definition) is 2. The van der Waals surface area contributed by atoms with Crippen molar-refractivity contribution in [2.75, 3.05) is 21.3 Å². The number of fused-ring (bicyclic) bond motifs is 1. The van der Waals surface area contributed by atoms with Gasteiger partial charge in [0.1, 0.15) is 0 Å². The van der Waals surface area contributed by atoms with Gasteiger partial charge in [0.05, 0.1) is 44.9 Å². The number of ether oxygens (including phenoxy) is 3. The molecule has 0 aliphatic rings. The first-order valence-electron chi connectivity index (χ1n) is 7.72. The summed E-state index contributed by atoms with van der Waals surface area (Å²) in [5.41, 5.74) is 5.23. The third kappa shape index (κ3) is 3.44. The topological polar surface area (TPSA) is 97.8 Å². The van der Waals surface area contributed by atoms with Gasteiger partial charge in [0.2, 0.25) is 5.75 Å². The van der Waals surface area contributed by atoms with Gasteiger partial charge in [-0.25, -0.2) is 10.4 Å². The van der Waals surface area contributed by atoms with Crippen LogP contribution >= 0.6 is 0 Å². The molecule has 0 saturated heterocycles. The molecule has 0 radical (unpaired) electrons. The Morgan fingerprint density at radius 3 is 2.50 bits per heavy atom. The SMILES string of the molecule is COc1cc(/C=N/NC(=O)c2ccc3nc[nH]c3c2)cc(OC)c1OC. The van der Waals surface area contributed by atoms with Crippen molar-refractivity contribution >= 4 is 23.2 Å². The number of carbonyl (C=O) groups excluding carboxylic acids is 1. The van der Waals surface area contributed by atoms with Crippen LogP contribution in [0, 0.1) is 0 Å². The lowest BCUT2D eigenvalue weighted by Crippen LogP contribution is -2.17. The summed E-state index contributed by atoms with van der Waals surface area (Å²) in [7, 11) is 4.60. The van der Waals surface area contributed by atoms with Crippen LogP contribution in [0.15, 0.2) is 41.8 Å². The van der Waals surface area contributed by atoms with Gasteiger partial charge in [0.15, 0.2) is 11.5 Å². The molecule has 0 bridgehead atoms. The zero-order valence-electron chi connectivity index (χ0n) is 14.6. The van der Waals surface area contributed by atoms with Gasteiger partial charge < -0.3 is 19.2 Å². The minimum Gasteiger partial charge on any atom is -0.493 e. The number of imidazole rings is 1. The van der Waals surface area contributed by atoms with Crippen LogP contribution in [-0.4, -0.2) is 43.4 Å². The van der Waals surface area contributed by atoms with E-state index in [1.165, 1.54) is 27.5 Å². The molecule has 3 rings (SSSR count). The highest BCUT2D eigenvalue weighted by atomic mass is 16.5. The van der Waals surface area contributed by atoms with E-state index < -0.39 is 0 Å². The maximum atomic E-state index is 12.2. The van der Waals surface area contributed by atoms with E-state index >= 15 is 0 Å². The van der Waals surface area contributed by atoms with Gasteiger partial charge in [-0.15, -0.1) is 0 Å². The molecule has 134 valence electrons. The number of rotatable bonds is 6. The smallest absolute Gasteiger partial charge is 0.271 e. The molecule has 0 aliphatic carbocycles. The van der Waals surface area contributed by atoms with E-state index in [4.69, 9.17) is 14.2 Å². The zero-order valence-corrected chi connectivity index (χ0v) is 14.6. The van der Waals surface area contributed by atoms with E-state index in [1.807, 2.05) is 0 Å². The molecule has 2 aromatic carbocycles. The Labute approximate surface area is 149 Å². The van der Waals surface area contributed by atoms with Crippen LogP contribution < -0.4 is 19.6 Å². The molecule has 0 spiro atoms. The second-order valence-corrected chi connectivity index (χ2v) is 5.29. The van der Waals surface area contributed by atoms with Crippen molar-refractivity contribution < 1.29 is 19.0 Å². The summed E-state index contributed by atoms with van der Waals surface area (Å²) in [4.78, 5) is 19.3. The molecule has 0 atom stereocenters. The molecule has 0 fully saturated rings. The number of aromatic nitrogens is 2. The van der Waals surface area contributed by atoms with Crippen molar-refractivity contribution in [3.8, 4) is 17.2 Å². The fraction of sp³-hybridized carbons (Fsp3) is 0.167. The number of nitrogens with zero attached hydrogens (tertiary/aromatic N) is 2. The highest BCUT2D eigenvalue weighted by molar-refractivity contribution is 5.97. The molecule has 1 amide bonds. The third-order valence-electron chi connectivity index (χ3n) is 3.75. The van der Waals surface area contributed by atoms with Gasteiger partial charge in [0.25, 0.3) is 5.91 Å². The minimum atomic E-state index is -0.329. The average Bonchev–Trinajstić information content (AvgIpc) is 3.14. The normalized spacial score (nSPS) is 10.9. The van der Waals surface area contributed by atoms with Crippen LogP contribution in [0.3, 0.4) is 0 Å².